The van der Waals surface area contributed by atoms with Crippen LogP contribution in [0.25, 0.3) is 0 Å². The zero-order valence-corrected chi connectivity index (χ0v) is 11.7. The van der Waals surface area contributed by atoms with Crippen molar-refractivity contribution in [3.05, 3.63) is 69.9 Å². The van der Waals surface area contributed by atoms with Gasteiger partial charge in [0.1, 0.15) is 5.82 Å². The number of nitrogens with one attached hydrogen (secondary N) is 1. The van der Waals surface area contributed by atoms with E-state index in [9.17, 15) is 4.39 Å². The van der Waals surface area contributed by atoms with Crippen LogP contribution in [0.5, 0.6) is 0 Å². The maximum atomic E-state index is 13.6. The third kappa shape index (κ3) is 3.18. The topological polar surface area (TPSA) is 12.0 Å². The standard InChI is InChI=1S/C15H15BrFN/c1-11(13-7-3-5-9-15(13)17)18-10-12-6-2-4-8-14(12)16/h2-9,11,18H,10H2,1H3. The van der Waals surface area contributed by atoms with Gasteiger partial charge in [0, 0.05) is 22.6 Å². The SMILES string of the molecule is CC(NCc1ccccc1Br)c1ccccc1F. The first kappa shape index (κ1) is 13.2. The van der Waals surface area contributed by atoms with Crippen LogP contribution >= 0.6 is 15.9 Å². The summed E-state index contributed by atoms with van der Waals surface area (Å²) in [6, 6.07) is 14.9. The minimum Gasteiger partial charge on any atom is -0.306 e. The van der Waals surface area contributed by atoms with Gasteiger partial charge in [0.15, 0.2) is 0 Å². The molecule has 0 aliphatic carbocycles. The van der Waals surface area contributed by atoms with Gasteiger partial charge < -0.3 is 5.32 Å². The van der Waals surface area contributed by atoms with Crippen LogP contribution in [0.3, 0.4) is 0 Å². The highest BCUT2D eigenvalue weighted by Gasteiger charge is 2.09. The third-order valence-corrected chi connectivity index (χ3v) is 3.70. The van der Waals surface area contributed by atoms with Gasteiger partial charge in [-0.25, -0.2) is 4.39 Å². The Labute approximate surface area is 115 Å². The number of rotatable bonds is 4. The Hall–Kier alpha value is -1.19. The first-order chi connectivity index (χ1) is 8.68. The van der Waals surface area contributed by atoms with Crippen LogP contribution in [0.4, 0.5) is 4.39 Å². The molecule has 3 heteroatoms. The zero-order valence-electron chi connectivity index (χ0n) is 10.2. The summed E-state index contributed by atoms with van der Waals surface area (Å²) < 4.78 is 14.7. The van der Waals surface area contributed by atoms with E-state index in [1.165, 1.54) is 11.6 Å². The predicted octanol–water partition coefficient (Wildman–Crippen LogP) is 4.44. The van der Waals surface area contributed by atoms with Crippen molar-refractivity contribution in [2.45, 2.75) is 19.5 Å². The second-order valence-electron chi connectivity index (χ2n) is 4.22. The molecule has 1 nitrogen and oxygen atoms in total. The van der Waals surface area contributed by atoms with Gasteiger partial charge in [-0.3, -0.25) is 0 Å². The molecular weight excluding hydrogens is 293 g/mol. The Morgan fingerprint density at radius 1 is 1.11 bits per heavy atom. The Balaban J connectivity index is 2.03. The van der Waals surface area contributed by atoms with Gasteiger partial charge >= 0.3 is 0 Å². The van der Waals surface area contributed by atoms with Gasteiger partial charge in [0.05, 0.1) is 0 Å². The van der Waals surface area contributed by atoms with Gasteiger partial charge in [-0.1, -0.05) is 52.3 Å². The molecule has 2 aromatic carbocycles. The molecule has 2 rings (SSSR count). The lowest BCUT2D eigenvalue weighted by Crippen LogP contribution is -2.19. The van der Waals surface area contributed by atoms with Crippen molar-refractivity contribution in [3.63, 3.8) is 0 Å². The molecule has 1 N–H and O–H groups in total. The van der Waals surface area contributed by atoms with Crippen molar-refractivity contribution < 1.29 is 4.39 Å². The highest BCUT2D eigenvalue weighted by Crippen LogP contribution is 2.19. The summed E-state index contributed by atoms with van der Waals surface area (Å²) in [6.07, 6.45) is 0. The first-order valence-corrected chi connectivity index (χ1v) is 6.69. The molecule has 0 spiro atoms. The summed E-state index contributed by atoms with van der Waals surface area (Å²) in [7, 11) is 0. The molecule has 0 amide bonds. The van der Waals surface area contributed by atoms with Crippen molar-refractivity contribution in [1.29, 1.82) is 0 Å². The monoisotopic (exact) mass is 307 g/mol. The van der Waals surface area contributed by atoms with Crippen LogP contribution in [-0.2, 0) is 6.54 Å². The van der Waals surface area contributed by atoms with E-state index in [2.05, 4.69) is 21.2 Å². The second kappa shape index (κ2) is 6.12. The molecule has 0 saturated carbocycles. The lowest BCUT2D eigenvalue weighted by molar-refractivity contribution is 0.528. The Morgan fingerprint density at radius 3 is 2.50 bits per heavy atom. The van der Waals surface area contributed by atoms with E-state index in [0.29, 0.717) is 12.1 Å². The zero-order chi connectivity index (χ0) is 13.0. The fourth-order valence-corrected chi connectivity index (χ4v) is 2.27. The molecule has 1 unspecified atom stereocenters. The van der Waals surface area contributed by atoms with E-state index in [1.807, 2.05) is 43.3 Å². The molecule has 2 aromatic rings. The van der Waals surface area contributed by atoms with Crippen molar-refractivity contribution in [3.8, 4) is 0 Å². The van der Waals surface area contributed by atoms with Gasteiger partial charge in [-0.15, -0.1) is 0 Å². The van der Waals surface area contributed by atoms with Crippen LogP contribution in [0.1, 0.15) is 24.1 Å². The smallest absolute Gasteiger partial charge is 0.127 e. The third-order valence-electron chi connectivity index (χ3n) is 2.93. The van der Waals surface area contributed by atoms with Crippen LogP contribution in [-0.4, -0.2) is 0 Å². The second-order valence-corrected chi connectivity index (χ2v) is 5.07. The highest BCUT2D eigenvalue weighted by molar-refractivity contribution is 9.10. The van der Waals surface area contributed by atoms with Crippen LogP contribution in [0.15, 0.2) is 53.0 Å². The maximum Gasteiger partial charge on any atom is 0.127 e. The number of halogens is 2. The number of hydrogen-bond acceptors (Lipinski definition) is 1. The molecule has 0 saturated heterocycles. The van der Waals surface area contributed by atoms with Crippen LogP contribution in [0.2, 0.25) is 0 Å². The summed E-state index contributed by atoms with van der Waals surface area (Å²) in [5.74, 6) is -0.162. The molecule has 0 radical (unpaired) electrons. The molecule has 0 heterocycles. The highest BCUT2D eigenvalue weighted by atomic mass is 79.9. The fourth-order valence-electron chi connectivity index (χ4n) is 1.84. The van der Waals surface area contributed by atoms with Crippen molar-refractivity contribution in [2.24, 2.45) is 0 Å². The van der Waals surface area contributed by atoms with Crippen LogP contribution < -0.4 is 5.32 Å². The van der Waals surface area contributed by atoms with Crippen molar-refractivity contribution in [1.82, 2.24) is 5.32 Å². The first-order valence-electron chi connectivity index (χ1n) is 5.89. The lowest BCUT2D eigenvalue weighted by atomic mass is 10.1. The Kier molecular flexibility index (Phi) is 4.50. The minimum absolute atomic E-state index is 0.0155. The molecule has 0 aliphatic rings. The molecule has 0 aliphatic heterocycles. The molecular formula is C15H15BrFN. The van der Waals surface area contributed by atoms with E-state index < -0.39 is 0 Å². The predicted molar refractivity (Wildman–Crippen MR) is 75.8 cm³/mol. The summed E-state index contributed by atoms with van der Waals surface area (Å²) in [5, 5.41) is 3.33. The lowest BCUT2D eigenvalue weighted by Gasteiger charge is -2.15. The fraction of sp³-hybridized carbons (Fsp3) is 0.200. The molecule has 0 fully saturated rings. The quantitative estimate of drug-likeness (QED) is 0.880. The van der Waals surface area contributed by atoms with Gasteiger partial charge in [0.25, 0.3) is 0 Å². The number of hydrogen-bond donors (Lipinski definition) is 1. The summed E-state index contributed by atoms with van der Waals surface area (Å²) in [4.78, 5) is 0. The molecule has 1 atom stereocenters. The van der Waals surface area contributed by atoms with Gasteiger partial charge in [-0.2, -0.15) is 0 Å². The normalized spacial score (nSPS) is 12.4. The molecule has 0 bridgehead atoms. The average molecular weight is 308 g/mol. The van der Waals surface area contributed by atoms with Crippen molar-refractivity contribution in [2.75, 3.05) is 0 Å². The molecule has 94 valence electrons. The van der Waals surface area contributed by atoms with E-state index >= 15 is 0 Å². The van der Waals surface area contributed by atoms with Crippen molar-refractivity contribution >= 4 is 15.9 Å². The largest absolute Gasteiger partial charge is 0.306 e. The van der Waals surface area contributed by atoms with E-state index in [-0.39, 0.29) is 11.9 Å². The van der Waals surface area contributed by atoms with Crippen LogP contribution in [0, 0.1) is 5.82 Å². The van der Waals surface area contributed by atoms with E-state index in [0.717, 1.165) is 4.47 Å². The summed E-state index contributed by atoms with van der Waals surface area (Å²) in [6.45, 7) is 2.67. The van der Waals surface area contributed by atoms with E-state index in [4.69, 9.17) is 0 Å². The molecule has 0 aromatic heterocycles. The minimum atomic E-state index is -0.162. The average Bonchev–Trinajstić information content (AvgIpc) is 2.38. The van der Waals surface area contributed by atoms with Gasteiger partial charge in [-0.05, 0) is 24.6 Å². The summed E-state index contributed by atoms with van der Waals surface area (Å²) in [5.41, 5.74) is 1.87. The Bertz CT molecular complexity index is 527. The Morgan fingerprint density at radius 2 is 1.78 bits per heavy atom. The summed E-state index contributed by atoms with van der Waals surface area (Å²) >= 11 is 3.50. The van der Waals surface area contributed by atoms with E-state index in [1.54, 1.807) is 6.07 Å². The number of benzene rings is 2. The van der Waals surface area contributed by atoms with Gasteiger partial charge in [0.2, 0.25) is 0 Å². The molecule has 18 heavy (non-hydrogen) atoms. The maximum absolute atomic E-state index is 13.6.